The number of para-hydroxylation sites is 2. The molecule has 11 aromatic rings. The summed E-state index contributed by atoms with van der Waals surface area (Å²) in [6.07, 6.45) is 0. The Morgan fingerprint density at radius 3 is 1.88 bits per heavy atom. The van der Waals surface area contributed by atoms with Crippen LogP contribution in [0.3, 0.4) is 0 Å². The van der Waals surface area contributed by atoms with E-state index < -0.39 is 0 Å². The van der Waals surface area contributed by atoms with E-state index in [0.29, 0.717) is 0 Å². The van der Waals surface area contributed by atoms with Gasteiger partial charge in [0, 0.05) is 32.7 Å². The lowest BCUT2D eigenvalue weighted by molar-refractivity contribution is 1.19. The van der Waals surface area contributed by atoms with Gasteiger partial charge in [-0.2, -0.15) is 0 Å². The maximum atomic E-state index is 5.25. The molecule has 0 aliphatic rings. The second kappa shape index (κ2) is 10.8. The van der Waals surface area contributed by atoms with Crippen molar-refractivity contribution in [3.63, 3.8) is 0 Å². The smallest absolute Gasteiger partial charge is 0.161 e. The molecule has 0 N–H and O–H groups in total. The molecule has 0 aliphatic carbocycles. The van der Waals surface area contributed by atoms with Crippen molar-refractivity contribution in [3.05, 3.63) is 176 Å². The van der Waals surface area contributed by atoms with E-state index in [-0.39, 0.29) is 0 Å². The fourth-order valence-electron chi connectivity index (χ4n) is 8.33. The van der Waals surface area contributed by atoms with Gasteiger partial charge in [0.2, 0.25) is 0 Å². The predicted octanol–water partition coefficient (Wildman–Crippen LogP) is 12.7. The van der Waals surface area contributed by atoms with Crippen LogP contribution >= 0.6 is 0 Å². The average molecular weight is 648 g/mol. The first-order valence-electron chi connectivity index (χ1n) is 17.4. The van der Waals surface area contributed by atoms with Gasteiger partial charge < -0.3 is 4.57 Å². The van der Waals surface area contributed by atoms with E-state index >= 15 is 0 Å². The Kier molecular flexibility index (Phi) is 5.96. The molecule has 0 spiro atoms. The summed E-state index contributed by atoms with van der Waals surface area (Å²) in [7, 11) is 0. The lowest BCUT2D eigenvalue weighted by Gasteiger charge is -2.15. The number of rotatable bonds is 3. The maximum Gasteiger partial charge on any atom is 0.161 e. The van der Waals surface area contributed by atoms with Gasteiger partial charge in [-0.05, 0) is 68.0 Å². The highest BCUT2D eigenvalue weighted by atomic mass is 15.0. The fraction of sp³-hybridized carbons (Fsp3) is 0. The Morgan fingerprint density at radius 2 is 1.00 bits per heavy atom. The first kappa shape index (κ1) is 28.0. The lowest BCUT2D eigenvalue weighted by atomic mass is 9.94. The van der Waals surface area contributed by atoms with Crippen molar-refractivity contribution >= 4 is 75.8 Å². The summed E-state index contributed by atoms with van der Waals surface area (Å²) < 4.78 is 2.44. The normalized spacial score (nSPS) is 11.9. The van der Waals surface area contributed by atoms with E-state index in [1.54, 1.807) is 0 Å². The zero-order valence-corrected chi connectivity index (χ0v) is 27.6. The minimum Gasteiger partial charge on any atom is -0.309 e. The zero-order valence-electron chi connectivity index (χ0n) is 27.6. The molecule has 2 aromatic heterocycles. The van der Waals surface area contributed by atoms with Crippen LogP contribution in [0.5, 0.6) is 0 Å². The molecule has 0 fully saturated rings. The van der Waals surface area contributed by atoms with E-state index in [1.807, 2.05) is 12.1 Å². The quantitative estimate of drug-likeness (QED) is 0.179. The van der Waals surface area contributed by atoms with Crippen molar-refractivity contribution in [2.75, 3.05) is 0 Å². The van der Waals surface area contributed by atoms with Gasteiger partial charge in [-0.3, -0.25) is 0 Å². The van der Waals surface area contributed by atoms with Crippen LogP contribution in [0.15, 0.2) is 176 Å². The van der Waals surface area contributed by atoms with Crippen LogP contribution in [0.2, 0.25) is 0 Å². The first-order valence-corrected chi connectivity index (χ1v) is 17.4. The van der Waals surface area contributed by atoms with Crippen molar-refractivity contribution in [1.29, 1.82) is 0 Å². The monoisotopic (exact) mass is 647 g/mol. The molecule has 9 aromatic carbocycles. The molecule has 0 atom stereocenters. The van der Waals surface area contributed by atoms with Gasteiger partial charge >= 0.3 is 0 Å². The maximum absolute atomic E-state index is 5.25. The minimum atomic E-state index is 0.725. The molecular weight excluding hydrogens is 619 g/mol. The Bertz CT molecular complexity index is 3190. The number of hydrogen-bond donors (Lipinski definition) is 0. The van der Waals surface area contributed by atoms with Gasteiger partial charge in [-0.1, -0.05) is 146 Å². The molecule has 0 saturated carbocycles. The predicted molar refractivity (Wildman–Crippen MR) is 215 cm³/mol. The average Bonchev–Trinajstić information content (AvgIpc) is 3.54. The van der Waals surface area contributed by atoms with Crippen molar-refractivity contribution in [2.24, 2.45) is 0 Å². The highest BCUT2D eigenvalue weighted by molar-refractivity contribution is 6.29. The standard InChI is InChI=1S/C48H29N3/c1-2-13-32(14-3-1)47-39-18-8-10-20-41(39)49-48(50-47)38-27-28-43(35-17-7-6-16-34(35)38)51-42-21-11-9-19-40(42)46-37-25-24-31-23-22-30-12-4-5-15-33(30)45(31)36(37)26-29-44(46)51/h1-29H. The Balaban J connectivity index is 1.19. The Labute approximate surface area is 293 Å². The summed E-state index contributed by atoms with van der Waals surface area (Å²) in [5.41, 5.74) is 7.48. The highest BCUT2D eigenvalue weighted by Gasteiger charge is 2.20. The molecule has 0 unspecified atom stereocenters. The van der Waals surface area contributed by atoms with Crippen LogP contribution in [0, 0.1) is 0 Å². The molecule has 0 amide bonds. The molecule has 3 nitrogen and oxygen atoms in total. The summed E-state index contributed by atoms with van der Waals surface area (Å²) in [5, 5.41) is 13.5. The van der Waals surface area contributed by atoms with Gasteiger partial charge in [0.1, 0.15) is 0 Å². The summed E-state index contributed by atoms with van der Waals surface area (Å²) >= 11 is 0. The number of fused-ring (bicyclic) bond motifs is 11. The summed E-state index contributed by atoms with van der Waals surface area (Å²) in [4.78, 5) is 10.4. The highest BCUT2D eigenvalue weighted by Crippen LogP contribution is 2.42. The van der Waals surface area contributed by atoms with Gasteiger partial charge in [0.15, 0.2) is 5.82 Å². The molecule has 2 heterocycles. The minimum absolute atomic E-state index is 0.725. The van der Waals surface area contributed by atoms with Crippen molar-refractivity contribution < 1.29 is 0 Å². The lowest BCUT2D eigenvalue weighted by Crippen LogP contribution is -1.99. The summed E-state index contributed by atoms with van der Waals surface area (Å²) in [5.74, 6) is 0.725. The molecule has 11 rings (SSSR count). The zero-order chi connectivity index (χ0) is 33.5. The molecule has 0 aliphatic heterocycles. The molecule has 0 bridgehead atoms. The van der Waals surface area contributed by atoms with Crippen molar-refractivity contribution in [3.8, 4) is 28.3 Å². The van der Waals surface area contributed by atoms with Crippen LogP contribution in [-0.2, 0) is 0 Å². The van der Waals surface area contributed by atoms with E-state index in [0.717, 1.165) is 50.0 Å². The number of hydrogen-bond acceptors (Lipinski definition) is 2. The Hall–Kier alpha value is -6.84. The van der Waals surface area contributed by atoms with Crippen LogP contribution in [0.25, 0.3) is 104 Å². The van der Waals surface area contributed by atoms with Gasteiger partial charge in [0.25, 0.3) is 0 Å². The molecule has 236 valence electrons. The molecule has 0 radical (unpaired) electrons. The number of benzene rings is 9. The van der Waals surface area contributed by atoms with Crippen LogP contribution < -0.4 is 0 Å². The van der Waals surface area contributed by atoms with Gasteiger partial charge in [-0.25, -0.2) is 9.97 Å². The van der Waals surface area contributed by atoms with Crippen molar-refractivity contribution in [1.82, 2.24) is 14.5 Å². The van der Waals surface area contributed by atoms with Crippen LogP contribution in [-0.4, -0.2) is 14.5 Å². The largest absolute Gasteiger partial charge is 0.309 e. The number of aromatic nitrogens is 3. The van der Waals surface area contributed by atoms with E-state index in [1.165, 1.54) is 54.1 Å². The second-order valence-electron chi connectivity index (χ2n) is 13.3. The SMILES string of the molecule is c1ccc(-c2nc(-c3ccc(-n4c5ccccc5c5c6ccc7ccc8ccccc8c7c6ccc54)c4ccccc34)nc3ccccc23)cc1. The second-order valence-corrected chi connectivity index (χ2v) is 13.3. The van der Waals surface area contributed by atoms with E-state index in [9.17, 15) is 0 Å². The third kappa shape index (κ3) is 4.12. The summed E-state index contributed by atoms with van der Waals surface area (Å²) in [6.45, 7) is 0. The van der Waals surface area contributed by atoms with E-state index in [2.05, 4.69) is 168 Å². The van der Waals surface area contributed by atoms with Gasteiger partial charge in [0.05, 0.1) is 27.9 Å². The third-order valence-electron chi connectivity index (χ3n) is 10.6. The Morgan fingerprint density at radius 1 is 0.353 bits per heavy atom. The fourth-order valence-corrected chi connectivity index (χ4v) is 8.33. The van der Waals surface area contributed by atoms with E-state index in [4.69, 9.17) is 9.97 Å². The van der Waals surface area contributed by atoms with Crippen molar-refractivity contribution in [2.45, 2.75) is 0 Å². The van der Waals surface area contributed by atoms with Crippen LogP contribution in [0.4, 0.5) is 0 Å². The molecular formula is C48H29N3. The molecule has 0 saturated heterocycles. The molecule has 3 heteroatoms. The summed E-state index contributed by atoms with van der Waals surface area (Å²) in [6, 6.07) is 63.1. The topological polar surface area (TPSA) is 30.7 Å². The molecule has 51 heavy (non-hydrogen) atoms. The first-order chi connectivity index (χ1) is 25.3. The third-order valence-corrected chi connectivity index (χ3v) is 10.6. The number of nitrogens with zero attached hydrogens (tertiary/aromatic N) is 3. The van der Waals surface area contributed by atoms with Crippen LogP contribution in [0.1, 0.15) is 0 Å². The van der Waals surface area contributed by atoms with Gasteiger partial charge in [-0.15, -0.1) is 0 Å².